The van der Waals surface area contributed by atoms with E-state index in [4.69, 9.17) is 30.3 Å². The van der Waals surface area contributed by atoms with E-state index in [0.717, 1.165) is 12.8 Å². The third kappa shape index (κ3) is 4.23. The first-order chi connectivity index (χ1) is 15.5. The van der Waals surface area contributed by atoms with Crippen LogP contribution in [-0.4, -0.2) is 55.4 Å². The Labute approximate surface area is 191 Å². The van der Waals surface area contributed by atoms with Crippen LogP contribution in [0.3, 0.4) is 0 Å². The molecule has 1 atom stereocenters. The molecule has 0 unspecified atom stereocenters. The van der Waals surface area contributed by atoms with Crippen LogP contribution < -0.4 is 14.2 Å². The summed E-state index contributed by atoms with van der Waals surface area (Å²) in [5, 5.41) is 4.59. The topological polar surface area (TPSA) is 86.9 Å². The number of carbonyl (C=O) groups excluding carboxylic acids is 1. The maximum atomic E-state index is 13.0. The van der Waals surface area contributed by atoms with Crippen LogP contribution in [0.1, 0.15) is 35.0 Å². The highest BCUT2D eigenvalue weighted by Gasteiger charge is 2.30. The molecule has 1 amide bonds. The van der Waals surface area contributed by atoms with Gasteiger partial charge in [-0.3, -0.25) is 4.79 Å². The summed E-state index contributed by atoms with van der Waals surface area (Å²) < 4.78 is 21.8. The zero-order chi connectivity index (χ0) is 22.7. The molecule has 1 aliphatic rings. The van der Waals surface area contributed by atoms with Crippen molar-refractivity contribution in [2.75, 3.05) is 34.4 Å². The number of methoxy groups -OCH3 is 3. The van der Waals surface area contributed by atoms with Crippen molar-refractivity contribution in [1.29, 1.82) is 0 Å². The van der Waals surface area contributed by atoms with Crippen molar-refractivity contribution >= 4 is 17.5 Å². The first-order valence-corrected chi connectivity index (χ1v) is 10.6. The van der Waals surface area contributed by atoms with E-state index in [1.165, 1.54) is 0 Å². The number of amides is 1. The van der Waals surface area contributed by atoms with Crippen LogP contribution in [0, 0.1) is 0 Å². The van der Waals surface area contributed by atoms with Gasteiger partial charge in [0.2, 0.25) is 17.5 Å². The number of piperidine rings is 1. The first-order valence-electron chi connectivity index (χ1n) is 10.2. The molecule has 168 valence electrons. The Kier molecular flexibility index (Phi) is 6.50. The highest BCUT2D eigenvalue weighted by atomic mass is 35.5. The fraction of sp³-hybridized carbons (Fsp3) is 0.348. The Hall–Kier alpha value is -3.26. The fourth-order valence-corrected chi connectivity index (χ4v) is 4.11. The molecule has 0 saturated carbocycles. The lowest BCUT2D eigenvalue weighted by molar-refractivity contribution is 0.0696. The Bertz CT molecular complexity index is 1090. The Morgan fingerprint density at radius 1 is 1.12 bits per heavy atom. The van der Waals surface area contributed by atoms with Gasteiger partial charge in [0.25, 0.3) is 5.91 Å². The summed E-state index contributed by atoms with van der Waals surface area (Å²) in [4.78, 5) is 19.4. The van der Waals surface area contributed by atoms with Gasteiger partial charge in [0, 0.05) is 18.7 Å². The fourth-order valence-electron chi connectivity index (χ4n) is 3.90. The van der Waals surface area contributed by atoms with Crippen LogP contribution in [0.4, 0.5) is 0 Å². The number of rotatable bonds is 6. The molecule has 0 aliphatic carbocycles. The molecule has 9 heteroatoms. The molecule has 8 nitrogen and oxygen atoms in total. The summed E-state index contributed by atoms with van der Waals surface area (Å²) in [5.41, 5.74) is 1.17. The SMILES string of the molecule is COc1cc(-c2noc([C@H]3CCCN(C(=O)c4ccccc4Cl)C3)n2)cc(OC)c1OC. The zero-order valence-electron chi connectivity index (χ0n) is 18.1. The van der Waals surface area contributed by atoms with Crippen LogP contribution in [0.5, 0.6) is 17.2 Å². The minimum absolute atomic E-state index is 0.0570. The maximum absolute atomic E-state index is 13.0. The van der Waals surface area contributed by atoms with Crippen molar-refractivity contribution in [2.45, 2.75) is 18.8 Å². The Balaban J connectivity index is 1.56. The van der Waals surface area contributed by atoms with Crippen LogP contribution in [0.15, 0.2) is 40.9 Å². The van der Waals surface area contributed by atoms with Gasteiger partial charge in [0.05, 0.1) is 37.8 Å². The zero-order valence-corrected chi connectivity index (χ0v) is 18.9. The van der Waals surface area contributed by atoms with Crippen LogP contribution in [-0.2, 0) is 0 Å². The standard InChI is InChI=1S/C23H24ClN3O5/c1-29-18-11-15(12-19(30-2)20(18)31-3)21-25-22(32-26-21)14-7-6-10-27(13-14)23(28)16-8-4-5-9-17(16)24/h4-5,8-9,11-12,14H,6-7,10,13H2,1-3H3/t14-/m0/s1. The van der Waals surface area contributed by atoms with Gasteiger partial charge in [0.15, 0.2) is 11.5 Å². The van der Waals surface area contributed by atoms with Gasteiger partial charge in [-0.05, 0) is 37.1 Å². The monoisotopic (exact) mass is 457 g/mol. The average Bonchev–Trinajstić information content (AvgIpc) is 3.33. The quantitative estimate of drug-likeness (QED) is 0.540. The minimum Gasteiger partial charge on any atom is -0.493 e. The first kappa shape index (κ1) is 22.0. The summed E-state index contributed by atoms with van der Waals surface area (Å²) in [6, 6.07) is 10.6. The lowest BCUT2D eigenvalue weighted by Crippen LogP contribution is -2.39. The van der Waals surface area contributed by atoms with Crippen molar-refractivity contribution in [3.8, 4) is 28.6 Å². The molecule has 3 aromatic rings. The van der Waals surface area contributed by atoms with E-state index in [9.17, 15) is 4.79 Å². The molecular formula is C23H24ClN3O5. The highest BCUT2D eigenvalue weighted by molar-refractivity contribution is 6.33. The number of hydrogen-bond donors (Lipinski definition) is 0. The normalized spacial score (nSPS) is 16.0. The van der Waals surface area contributed by atoms with Crippen LogP contribution in [0.25, 0.3) is 11.4 Å². The summed E-state index contributed by atoms with van der Waals surface area (Å²) in [6.07, 6.45) is 1.69. The van der Waals surface area contributed by atoms with Gasteiger partial charge < -0.3 is 23.6 Å². The molecule has 1 aliphatic heterocycles. The molecule has 0 bridgehead atoms. The van der Waals surface area contributed by atoms with Gasteiger partial charge in [0.1, 0.15) is 0 Å². The number of aromatic nitrogens is 2. The molecule has 1 fully saturated rings. The summed E-state index contributed by atoms with van der Waals surface area (Å²) in [7, 11) is 4.65. The molecule has 0 radical (unpaired) electrons. The van der Waals surface area contributed by atoms with Crippen molar-refractivity contribution in [3.63, 3.8) is 0 Å². The number of nitrogens with zero attached hydrogens (tertiary/aromatic N) is 3. The third-order valence-corrected chi connectivity index (χ3v) is 5.86. The average molecular weight is 458 g/mol. The van der Waals surface area contributed by atoms with Gasteiger partial charge in [-0.15, -0.1) is 0 Å². The van der Waals surface area contributed by atoms with Crippen LogP contribution in [0.2, 0.25) is 5.02 Å². The molecule has 1 saturated heterocycles. The summed E-state index contributed by atoms with van der Waals surface area (Å²) in [5.74, 6) is 2.25. The van der Waals surface area contributed by atoms with E-state index in [1.807, 2.05) is 6.07 Å². The molecule has 32 heavy (non-hydrogen) atoms. The number of carbonyl (C=O) groups is 1. The smallest absolute Gasteiger partial charge is 0.255 e. The number of benzene rings is 2. The predicted octanol–water partition coefficient (Wildman–Crippen LogP) is 4.44. The molecule has 4 rings (SSSR count). The van der Waals surface area contributed by atoms with E-state index >= 15 is 0 Å². The Morgan fingerprint density at radius 3 is 2.50 bits per heavy atom. The van der Waals surface area contributed by atoms with E-state index in [0.29, 0.717) is 58.2 Å². The van der Waals surface area contributed by atoms with Crippen LogP contribution >= 0.6 is 11.6 Å². The second kappa shape index (κ2) is 9.48. The van der Waals surface area contributed by atoms with E-state index in [1.54, 1.807) is 56.6 Å². The molecule has 2 heterocycles. The van der Waals surface area contributed by atoms with Crippen molar-refractivity contribution in [2.24, 2.45) is 0 Å². The van der Waals surface area contributed by atoms with E-state index < -0.39 is 0 Å². The molecule has 2 aromatic carbocycles. The largest absolute Gasteiger partial charge is 0.493 e. The molecule has 1 aromatic heterocycles. The maximum Gasteiger partial charge on any atom is 0.255 e. The van der Waals surface area contributed by atoms with Crippen molar-refractivity contribution < 1.29 is 23.5 Å². The van der Waals surface area contributed by atoms with Crippen molar-refractivity contribution in [3.05, 3.63) is 52.9 Å². The van der Waals surface area contributed by atoms with E-state index in [2.05, 4.69) is 10.1 Å². The number of ether oxygens (including phenoxy) is 3. The lowest BCUT2D eigenvalue weighted by Gasteiger charge is -2.31. The summed E-state index contributed by atoms with van der Waals surface area (Å²) >= 11 is 6.22. The number of likely N-dealkylation sites (tertiary alicyclic amines) is 1. The lowest BCUT2D eigenvalue weighted by atomic mass is 9.97. The second-order valence-electron chi connectivity index (χ2n) is 7.44. The second-order valence-corrected chi connectivity index (χ2v) is 7.85. The summed E-state index contributed by atoms with van der Waals surface area (Å²) in [6.45, 7) is 1.15. The third-order valence-electron chi connectivity index (χ3n) is 5.53. The highest BCUT2D eigenvalue weighted by Crippen LogP contribution is 2.41. The van der Waals surface area contributed by atoms with Gasteiger partial charge >= 0.3 is 0 Å². The van der Waals surface area contributed by atoms with Gasteiger partial charge in [-0.1, -0.05) is 28.9 Å². The molecule has 0 N–H and O–H groups in total. The molecular weight excluding hydrogens is 434 g/mol. The molecule has 0 spiro atoms. The number of halogens is 1. The minimum atomic E-state index is -0.0929. The van der Waals surface area contributed by atoms with E-state index in [-0.39, 0.29) is 11.8 Å². The van der Waals surface area contributed by atoms with Crippen molar-refractivity contribution in [1.82, 2.24) is 15.0 Å². The van der Waals surface area contributed by atoms with Gasteiger partial charge in [-0.2, -0.15) is 4.98 Å². The number of hydrogen-bond acceptors (Lipinski definition) is 7. The van der Waals surface area contributed by atoms with Gasteiger partial charge in [-0.25, -0.2) is 0 Å². The predicted molar refractivity (Wildman–Crippen MR) is 119 cm³/mol. The Morgan fingerprint density at radius 2 is 1.84 bits per heavy atom.